The molecule has 2 aromatic rings. The van der Waals surface area contributed by atoms with E-state index in [-0.39, 0.29) is 18.1 Å². The predicted octanol–water partition coefficient (Wildman–Crippen LogP) is 5.17. The minimum absolute atomic E-state index is 0.0306. The topological polar surface area (TPSA) is 43.4 Å². The van der Waals surface area contributed by atoms with Crippen LogP contribution in [0.3, 0.4) is 0 Å². The van der Waals surface area contributed by atoms with E-state index in [1.165, 1.54) is 17.8 Å². The summed E-state index contributed by atoms with van der Waals surface area (Å²) < 4.78 is 4.96. The zero-order valence-corrected chi connectivity index (χ0v) is 14.8. The number of hydrogen-bond donors (Lipinski definition) is 0. The van der Waals surface area contributed by atoms with Gasteiger partial charge in [0, 0.05) is 20.5 Å². The molecule has 23 heavy (non-hydrogen) atoms. The minimum Gasteiger partial charge on any atom is -0.457 e. The minimum atomic E-state index is -0.513. The van der Waals surface area contributed by atoms with Crippen molar-refractivity contribution in [2.45, 2.75) is 4.90 Å². The van der Waals surface area contributed by atoms with Crippen molar-refractivity contribution in [3.63, 3.8) is 0 Å². The third-order valence-corrected chi connectivity index (χ3v) is 4.69. The number of ether oxygens (including phenoxy) is 1. The number of halogens is 3. The highest BCUT2D eigenvalue weighted by molar-refractivity contribution is 8.00. The van der Waals surface area contributed by atoms with Crippen molar-refractivity contribution in [1.29, 1.82) is 0 Å². The summed E-state index contributed by atoms with van der Waals surface area (Å²) in [6, 6.07) is 11.4. The number of hydrogen-bond acceptors (Lipinski definition) is 4. The molecule has 0 spiro atoms. The first-order chi connectivity index (χ1) is 11.0. The van der Waals surface area contributed by atoms with Crippen LogP contribution in [0.2, 0.25) is 15.1 Å². The van der Waals surface area contributed by atoms with E-state index in [0.29, 0.717) is 25.5 Å². The molecule has 0 aliphatic carbocycles. The Morgan fingerprint density at radius 2 is 1.74 bits per heavy atom. The Bertz CT molecular complexity index is 734. The molecule has 3 nitrogen and oxygen atoms in total. The van der Waals surface area contributed by atoms with Crippen molar-refractivity contribution in [3.05, 3.63) is 63.1 Å². The van der Waals surface area contributed by atoms with Gasteiger partial charge in [-0.2, -0.15) is 0 Å². The molecule has 0 bridgehead atoms. The van der Waals surface area contributed by atoms with E-state index < -0.39 is 5.97 Å². The maximum absolute atomic E-state index is 11.9. The summed E-state index contributed by atoms with van der Waals surface area (Å²) in [6.45, 7) is -0.330. The molecule has 0 aliphatic heterocycles. The van der Waals surface area contributed by atoms with Crippen LogP contribution in [-0.2, 0) is 9.53 Å². The van der Waals surface area contributed by atoms with Gasteiger partial charge in [0.25, 0.3) is 0 Å². The average Bonchev–Trinajstić information content (AvgIpc) is 2.53. The highest BCUT2D eigenvalue weighted by Gasteiger charge is 2.12. The SMILES string of the molecule is O=C(CSc1cc(Cl)ccc1Cl)OCC(=O)c1cccc(Cl)c1. The Morgan fingerprint density at radius 1 is 1.00 bits per heavy atom. The summed E-state index contributed by atoms with van der Waals surface area (Å²) in [5, 5.41) is 1.48. The van der Waals surface area contributed by atoms with Crippen LogP contribution in [-0.4, -0.2) is 24.1 Å². The second-order valence-corrected chi connectivity index (χ2v) is 6.75. The molecule has 0 amide bonds. The first-order valence-electron chi connectivity index (χ1n) is 6.48. The van der Waals surface area contributed by atoms with Crippen molar-refractivity contribution >= 4 is 58.3 Å². The molecule has 0 unspecified atom stereocenters. The smallest absolute Gasteiger partial charge is 0.316 e. The molecule has 0 aromatic heterocycles. The lowest BCUT2D eigenvalue weighted by Gasteiger charge is -2.06. The van der Waals surface area contributed by atoms with Gasteiger partial charge < -0.3 is 4.74 Å². The Hall–Kier alpha value is -1.20. The van der Waals surface area contributed by atoms with E-state index in [1.54, 1.807) is 36.4 Å². The van der Waals surface area contributed by atoms with Crippen LogP contribution in [0.15, 0.2) is 47.4 Å². The Balaban J connectivity index is 1.83. The highest BCUT2D eigenvalue weighted by Crippen LogP contribution is 2.29. The van der Waals surface area contributed by atoms with Gasteiger partial charge in [0.2, 0.25) is 0 Å². The lowest BCUT2D eigenvalue weighted by atomic mass is 10.1. The van der Waals surface area contributed by atoms with E-state index in [1.807, 2.05) is 0 Å². The van der Waals surface area contributed by atoms with Gasteiger partial charge in [-0.25, -0.2) is 0 Å². The fraction of sp³-hybridized carbons (Fsp3) is 0.125. The van der Waals surface area contributed by atoms with Crippen LogP contribution in [0.1, 0.15) is 10.4 Å². The number of benzene rings is 2. The highest BCUT2D eigenvalue weighted by atomic mass is 35.5. The van der Waals surface area contributed by atoms with Crippen molar-refractivity contribution in [1.82, 2.24) is 0 Å². The molecular formula is C16H11Cl3O3S. The number of rotatable bonds is 6. The lowest BCUT2D eigenvalue weighted by molar-refractivity contribution is -0.139. The summed E-state index contributed by atoms with van der Waals surface area (Å²) in [4.78, 5) is 24.3. The van der Waals surface area contributed by atoms with Crippen molar-refractivity contribution in [2.24, 2.45) is 0 Å². The molecule has 0 fully saturated rings. The number of thioether (sulfide) groups is 1. The Kier molecular flexibility index (Phi) is 6.78. The van der Waals surface area contributed by atoms with Gasteiger partial charge in [-0.3, -0.25) is 9.59 Å². The lowest BCUT2D eigenvalue weighted by Crippen LogP contribution is -2.15. The van der Waals surface area contributed by atoms with Crippen LogP contribution in [0.4, 0.5) is 0 Å². The molecule has 0 aliphatic rings. The second kappa shape index (κ2) is 8.60. The zero-order chi connectivity index (χ0) is 16.8. The molecule has 120 valence electrons. The van der Waals surface area contributed by atoms with E-state index in [4.69, 9.17) is 39.5 Å². The first-order valence-corrected chi connectivity index (χ1v) is 8.60. The summed E-state index contributed by atoms with van der Waals surface area (Å²) in [5.41, 5.74) is 0.399. The van der Waals surface area contributed by atoms with E-state index in [0.717, 1.165) is 0 Å². The van der Waals surface area contributed by atoms with Gasteiger partial charge >= 0.3 is 5.97 Å². The van der Waals surface area contributed by atoms with Crippen LogP contribution < -0.4 is 0 Å². The molecule has 0 saturated carbocycles. The van der Waals surface area contributed by atoms with Crippen LogP contribution in [0.5, 0.6) is 0 Å². The largest absolute Gasteiger partial charge is 0.457 e. The fourth-order valence-corrected chi connectivity index (χ4v) is 3.14. The van der Waals surface area contributed by atoms with Crippen molar-refractivity contribution in [2.75, 3.05) is 12.4 Å². The molecule has 0 heterocycles. The van der Waals surface area contributed by atoms with Gasteiger partial charge in [-0.1, -0.05) is 46.9 Å². The van der Waals surface area contributed by atoms with Crippen LogP contribution >= 0.6 is 46.6 Å². The molecule has 0 radical (unpaired) electrons. The Morgan fingerprint density at radius 3 is 2.48 bits per heavy atom. The van der Waals surface area contributed by atoms with Gasteiger partial charge in [0.05, 0.1) is 10.8 Å². The third-order valence-electron chi connectivity index (χ3n) is 2.75. The monoisotopic (exact) mass is 388 g/mol. The predicted molar refractivity (Wildman–Crippen MR) is 93.9 cm³/mol. The molecular weight excluding hydrogens is 379 g/mol. The van der Waals surface area contributed by atoms with E-state index in [9.17, 15) is 9.59 Å². The maximum Gasteiger partial charge on any atom is 0.316 e. The third kappa shape index (κ3) is 5.74. The summed E-state index contributed by atoms with van der Waals surface area (Å²) in [6.07, 6.45) is 0. The van der Waals surface area contributed by atoms with Crippen molar-refractivity contribution < 1.29 is 14.3 Å². The molecule has 7 heteroatoms. The number of carbonyl (C=O) groups excluding carboxylic acids is 2. The molecule has 2 rings (SSSR count). The van der Waals surface area contributed by atoms with Gasteiger partial charge in [0.15, 0.2) is 12.4 Å². The van der Waals surface area contributed by atoms with Crippen LogP contribution in [0.25, 0.3) is 0 Å². The normalized spacial score (nSPS) is 10.4. The summed E-state index contributed by atoms with van der Waals surface area (Å²) >= 11 is 18.9. The van der Waals surface area contributed by atoms with Crippen LogP contribution in [0, 0.1) is 0 Å². The fourth-order valence-electron chi connectivity index (χ4n) is 1.66. The molecule has 0 N–H and O–H groups in total. The van der Waals surface area contributed by atoms with Gasteiger partial charge in [0.1, 0.15) is 0 Å². The molecule has 2 aromatic carbocycles. The second-order valence-electron chi connectivity index (χ2n) is 4.46. The summed E-state index contributed by atoms with van der Waals surface area (Å²) in [5.74, 6) is -0.795. The molecule has 0 saturated heterocycles. The van der Waals surface area contributed by atoms with E-state index >= 15 is 0 Å². The maximum atomic E-state index is 11.9. The standard InChI is InChI=1S/C16H11Cl3O3S/c17-11-3-1-2-10(6-11)14(20)8-22-16(21)9-23-15-7-12(18)4-5-13(15)19/h1-7H,8-9H2. The van der Waals surface area contributed by atoms with Crippen molar-refractivity contribution in [3.8, 4) is 0 Å². The Labute approximate surface area is 152 Å². The number of Topliss-reactive ketones (excluding diaryl/α,β-unsaturated/α-hetero) is 1. The number of carbonyl (C=O) groups is 2. The average molecular weight is 390 g/mol. The van der Waals surface area contributed by atoms with Gasteiger partial charge in [-0.05, 0) is 30.3 Å². The van der Waals surface area contributed by atoms with Gasteiger partial charge in [-0.15, -0.1) is 11.8 Å². The first kappa shape index (κ1) is 18.1. The quantitative estimate of drug-likeness (QED) is 0.388. The zero-order valence-electron chi connectivity index (χ0n) is 11.7. The molecule has 0 atom stereocenters. The summed E-state index contributed by atoms with van der Waals surface area (Å²) in [7, 11) is 0. The van der Waals surface area contributed by atoms with E-state index in [2.05, 4.69) is 0 Å². The number of ketones is 1. The number of esters is 1.